The van der Waals surface area contributed by atoms with Crippen LogP contribution in [0.1, 0.15) is 49.7 Å². The molecule has 3 aromatic rings. The maximum atomic E-state index is 9.27. The summed E-state index contributed by atoms with van der Waals surface area (Å²) in [5, 5.41) is 10.2. The van der Waals surface area contributed by atoms with Gasteiger partial charge < -0.3 is 5.73 Å². The molecule has 0 bridgehead atoms. The van der Waals surface area contributed by atoms with Crippen LogP contribution in [0.25, 0.3) is 16.7 Å². The minimum Gasteiger partial charge on any atom is -0.383 e. The highest BCUT2D eigenvalue weighted by molar-refractivity contribution is 6.42. The first-order valence-corrected chi connectivity index (χ1v) is 13.6. The number of amidine groups is 1. The topological polar surface area (TPSA) is 65.4 Å². The first kappa shape index (κ1) is 25.5. The summed E-state index contributed by atoms with van der Waals surface area (Å²) in [5.74, 6) is 0.488. The summed E-state index contributed by atoms with van der Waals surface area (Å²) in [4.78, 5) is 7.41. The molecule has 1 aliphatic carbocycles. The Kier molecular flexibility index (Phi) is 7.96. The van der Waals surface area contributed by atoms with Gasteiger partial charge in [-0.25, -0.2) is 4.99 Å². The molecule has 2 aliphatic rings. The van der Waals surface area contributed by atoms with Gasteiger partial charge in [0.15, 0.2) is 0 Å². The lowest BCUT2D eigenvalue weighted by molar-refractivity contribution is 0.186. The number of nitrogens with zero attached hydrogens (tertiary/aromatic N) is 3. The summed E-state index contributed by atoms with van der Waals surface area (Å²) in [6, 6.07) is 24.3. The van der Waals surface area contributed by atoms with E-state index in [0.29, 0.717) is 27.1 Å². The van der Waals surface area contributed by atoms with Crippen molar-refractivity contribution in [3.63, 3.8) is 0 Å². The Bertz CT molecular complexity index is 1370. The normalized spacial score (nSPS) is 17.1. The Hall–Kier alpha value is -3.10. The van der Waals surface area contributed by atoms with Crippen molar-refractivity contribution in [3.05, 3.63) is 93.5 Å². The van der Waals surface area contributed by atoms with Gasteiger partial charge in [-0.05, 0) is 72.7 Å². The van der Waals surface area contributed by atoms with E-state index in [2.05, 4.69) is 35.2 Å². The molecule has 3 aromatic carbocycles. The maximum Gasteiger partial charge on any atom is 0.131 e. The van der Waals surface area contributed by atoms with Crippen LogP contribution in [-0.4, -0.2) is 29.9 Å². The average molecular weight is 530 g/mol. The van der Waals surface area contributed by atoms with Crippen molar-refractivity contribution in [3.8, 4) is 17.2 Å². The van der Waals surface area contributed by atoms with Crippen LogP contribution in [0.5, 0.6) is 0 Å². The number of nitriles is 1. The van der Waals surface area contributed by atoms with Gasteiger partial charge in [0.25, 0.3) is 0 Å². The summed E-state index contributed by atoms with van der Waals surface area (Å²) in [6.45, 7) is 2.12. The lowest BCUT2D eigenvalue weighted by Crippen LogP contribution is -2.38. The minimum absolute atomic E-state index is 0.457. The highest BCUT2D eigenvalue weighted by Crippen LogP contribution is 2.34. The van der Waals surface area contributed by atoms with Gasteiger partial charge in [0.2, 0.25) is 0 Å². The molecule has 0 aromatic heterocycles. The zero-order valence-electron chi connectivity index (χ0n) is 20.8. The van der Waals surface area contributed by atoms with Gasteiger partial charge in [-0.2, -0.15) is 5.26 Å². The average Bonchev–Trinajstić information content (AvgIpc) is 3.47. The first-order valence-electron chi connectivity index (χ1n) is 12.9. The lowest BCUT2D eigenvalue weighted by atomic mass is 9.90. The van der Waals surface area contributed by atoms with Crippen molar-refractivity contribution in [1.29, 1.82) is 5.26 Å². The zero-order chi connectivity index (χ0) is 25.8. The molecule has 1 aliphatic heterocycles. The Morgan fingerprint density at radius 3 is 2.30 bits per heavy atom. The van der Waals surface area contributed by atoms with E-state index in [1.54, 1.807) is 12.1 Å². The molecule has 37 heavy (non-hydrogen) atoms. The number of hydrogen-bond acceptors (Lipinski definition) is 3. The molecule has 2 N–H and O–H groups in total. The van der Waals surface area contributed by atoms with E-state index in [0.717, 1.165) is 54.2 Å². The van der Waals surface area contributed by atoms with Gasteiger partial charge in [-0.3, -0.25) is 4.90 Å². The molecule has 0 amide bonds. The van der Waals surface area contributed by atoms with Crippen molar-refractivity contribution in [1.82, 2.24) is 4.90 Å². The van der Waals surface area contributed by atoms with Gasteiger partial charge in [-0.15, -0.1) is 0 Å². The molecule has 1 saturated carbocycles. The van der Waals surface area contributed by atoms with Crippen LogP contribution in [0.4, 0.5) is 5.69 Å². The fraction of sp³-hybridized carbons (Fsp3) is 0.290. The molecule has 1 heterocycles. The molecule has 6 heteroatoms. The number of benzene rings is 3. The van der Waals surface area contributed by atoms with E-state index in [1.165, 1.54) is 31.3 Å². The van der Waals surface area contributed by atoms with Crippen LogP contribution >= 0.6 is 23.2 Å². The van der Waals surface area contributed by atoms with Gasteiger partial charge in [-0.1, -0.05) is 78.0 Å². The number of hydrogen-bond donors (Lipinski definition) is 1. The van der Waals surface area contributed by atoms with Crippen molar-refractivity contribution in [2.24, 2.45) is 10.7 Å². The van der Waals surface area contributed by atoms with Crippen molar-refractivity contribution >= 4 is 40.3 Å². The predicted molar refractivity (Wildman–Crippen MR) is 154 cm³/mol. The van der Waals surface area contributed by atoms with Crippen molar-refractivity contribution < 1.29 is 0 Å². The standard InChI is InChI=1S/C31H30Cl2N4/c32-28-13-12-26(19-29(28)33)36-31(35)30(24-14-16-37(17-15-24)27-6-1-2-7-27)23-10-8-22(9-11-23)25-5-3-4-21(18-25)20-34/h3-5,8-13,18-19,27H,1-2,6-7,14-17H2,(H2,35,36). The Balaban J connectivity index is 1.49. The van der Waals surface area contributed by atoms with Crippen molar-refractivity contribution in [2.75, 3.05) is 13.1 Å². The predicted octanol–water partition coefficient (Wildman–Crippen LogP) is 8.01. The smallest absolute Gasteiger partial charge is 0.131 e. The third-order valence-electron chi connectivity index (χ3n) is 7.50. The molecule has 1 saturated heterocycles. The molecule has 0 radical (unpaired) electrons. The Morgan fingerprint density at radius 2 is 1.62 bits per heavy atom. The van der Waals surface area contributed by atoms with Crippen LogP contribution in [0.15, 0.2) is 77.3 Å². The van der Waals surface area contributed by atoms with Crippen LogP contribution in [0.3, 0.4) is 0 Å². The van der Waals surface area contributed by atoms with E-state index in [9.17, 15) is 5.26 Å². The molecular formula is C31H30Cl2N4. The van der Waals surface area contributed by atoms with Gasteiger partial charge >= 0.3 is 0 Å². The number of piperidine rings is 1. The van der Waals surface area contributed by atoms with E-state index < -0.39 is 0 Å². The summed E-state index contributed by atoms with van der Waals surface area (Å²) >= 11 is 12.3. The zero-order valence-corrected chi connectivity index (χ0v) is 22.3. The molecule has 2 fully saturated rings. The van der Waals surface area contributed by atoms with E-state index in [1.807, 2.05) is 30.3 Å². The fourth-order valence-electron chi connectivity index (χ4n) is 5.56. The van der Waals surface area contributed by atoms with E-state index in [4.69, 9.17) is 33.9 Å². The van der Waals surface area contributed by atoms with Crippen LogP contribution in [0, 0.1) is 11.3 Å². The highest BCUT2D eigenvalue weighted by Gasteiger charge is 2.27. The fourth-order valence-corrected chi connectivity index (χ4v) is 5.85. The number of nitrogens with two attached hydrogens (primary N) is 1. The Morgan fingerprint density at radius 1 is 0.892 bits per heavy atom. The van der Waals surface area contributed by atoms with Gasteiger partial charge in [0, 0.05) is 24.7 Å². The number of halogens is 2. The first-order chi connectivity index (χ1) is 18.0. The third kappa shape index (κ3) is 5.91. The molecule has 0 atom stereocenters. The van der Waals surface area contributed by atoms with Gasteiger partial charge in [0.05, 0.1) is 27.4 Å². The maximum absolute atomic E-state index is 9.27. The largest absolute Gasteiger partial charge is 0.383 e. The number of rotatable bonds is 5. The summed E-state index contributed by atoms with van der Waals surface area (Å²) in [7, 11) is 0. The Labute approximate surface area is 229 Å². The quantitative estimate of drug-likeness (QED) is 0.269. The second kappa shape index (κ2) is 11.5. The number of aliphatic imine (C=N–C) groups is 1. The van der Waals surface area contributed by atoms with Crippen LogP contribution in [-0.2, 0) is 0 Å². The van der Waals surface area contributed by atoms with Crippen LogP contribution < -0.4 is 5.73 Å². The monoisotopic (exact) mass is 528 g/mol. The van der Waals surface area contributed by atoms with E-state index >= 15 is 0 Å². The summed E-state index contributed by atoms with van der Waals surface area (Å²) in [6.07, 6.45) is 7.30. The molecular weight excluding hydrogens is 499 g/mol. The molecule has 0 spiro atoms. The third-order valence-corrected chi connectivity index (χ3v) is 8.24. The summed E-state index contributed by atoms with van der Waals surface area (Å²) < 4.78 is 0. The second-order valence-corrected chi connectivity index (χ2v) is 10.6. The SMILES string of the molecule is N#Cc1cccc(-c2ccc(C(C(N)=Nc3ccc(Cl)c(Cl)c3)=C3CCN(C4CCCC4)CC3)cc2)c1. The van der Waals surface area contributed by atoms with Crippen molar-refractivity contribution in [2.45, 2.75) is 44.6 Å². The second-order valence-electron chi connectivity index (χ2n) is 9.82. The molecule has 188 valence electrons. The molecule has 4 nitrogen and oxygen atoms in total. The summed E-state index contributed by atoms with van der Waals surface area (Å²) in [5.41, 5.74) is 13.5. The highest BCUT2D eigenvalue weighted by atomic mass is 35.5. The van der Waals surface area contributed by atoms with E-state index in [-0.39, 0.29) is 0 Å². The minimum atomic E-state index is 0.457. The molecule has 5 rings (SSSR count). The van der Waals surface area contributed by atoms with Gasteiger partial charge in [0.1, 0.15) is 5.84 Å². The van der Waals surface area contributed by atoms with Crippen LogP contribution in [0.2, 0.25) is 10.0 Å². The lowest BCUT2D eigenvalue weighted by Gasteiger charge is -2.34. The molecule has 0 unspecified atom stereocenters. The number of likely N-dealkylation sites (tertiary alicyclic amines) is 1.